The first-order valence-electron chi connectivity index (χ1n) is 10.2. The molecule has 0 aliphatic heterocycles. The van der Waals surface area contributed by atoms with E-state index in [1.165, 1.54) is 28.7 Å². The standard InChI is InChI=1S/C26H17NO5S2/c1-14-10-17(29)6-8-19(14)24(31)25-23(20-9-7-18(30)11-21(20)34-25)15-2-4-16(5-3-15)26-27-22(12-33-26)32-13-28/h2-13,29-30H,1H3. The third-order valence-electron chi connectivity index (χ3n) is 5.41. The Balaban J connectivity index is 1.62. The Morgan fingerprint density at radius 3 is 2.41 bits per heavy atom. The summed E-state index contributed by atoms with van der Waals surface area (Å²) < 4.78 is 5.60. The molecule has 0 spiro atoms. The number of ketones is 1. The molecule has 2 N–H and O–H groups in total. The van der Waals surface area contributed by atoms with E-state index in [9.17, 15) is 19.8 Å². The Hall–Kier alpha value is -4.01. The molecule has 0 fully saturated rings. The Morgan fingerprint density at radius 2 is 1.68 bits per heavy atom. The van der Waals surface area contributed by atoms with Crippen molar-refractivity contribution in [2.75, 3.05) is 0 Å². The number of rotatable bonds is 6. The third kappa shape index (κ3) is 3.93. The fraction of sp³-hybridized carbons (Fsp3) is 0.0385. The molecule has 2 heterocycles. The van der Waals surface area contributed by atoms with E-state index in [2.05, 4.69) is 4.98 Å². The predicted molar refractivity (Wildman–Crippen MR) is 133 cm³/mol. The van der Waals surface area contributed by atoms with Crippen LogP contribution < -0.4 is 4.74 Å². The third-order valence-corrected chi connectivity index (χ3v) is 7.43. The van der Waals surface area contributed by atoms with Crippen LogP contribution in [0.2, 0.25) is 0 Å². The van der Waals surface area contributed by atoms with Crippen molar-refractivity contribution in [3.05, 3.63) is 82.0 Å². The molecule has 8 heteroatoms. The van der Waals surface area contributed by atoms with Crippen molar-refractivity contribution >= 4 is 45.0 Å². The summed E-state index contributed by atoms with van der Waals surface area (Å²) in [5.74, 6) is 0.343. The van der Waals surface area contributed by atoms with Crippen molar-refractivity contribution in [3.8, 4) is 39.1 Å². The number of thiazole rings is 1. The van der Waals surface area contributed by atoms with Crippen LogP contribution in [-0.2, 0) is 4.79 Å². The van der Waals surface area contributed by atoms with Gasteiger partial charge in [-0.2, -0.15) is 0 Å². The van der Waals surface area contributed by atoms with Crippen LogP contribution in [0.15, 0.2) is 66.0 Å². The van der Waals surface area contributed by atoms with Gasteiger partial charge in [0, 0.05) is 26.8 Å². The number of benzene rings is 3. The summed E-state index contributed by atoms with van der Waals surface area (Å²) in [4.78, 5) is 29.0. The zero-order valence-corrected chi connectivity index (χ0v) is 19.4. The predicted octanol–water partition coefficient (Wildman–Crippen LogP) is 6.18. The molecule has 0 atom stereocenters. The lowest BCUT2D eigenvalue weighted by Crippen LogP contribution is -2.03. The zero-order chi connectivity index (χ0) is 23.8. The molecule has 34 heavy (non-hydrogen) atoms. The first kappa shape index (κ1) is 21.8. The second-order valence-corrected chi connectivity index (χ2v) is 9.51. The van der Waals surface area contributed by atoms with Crippen LogP contribution in [0.4, 0.5) is 0 Å². The van der Waals surface area contributed by atoms with Crippen LogP contribution in [-0.4, -0.2) is 27.5 Å². The molecule has 0 saturated carbocycles. The molecule has 6 nitrogen and oxygen atoms in total. The number of aromatic nitrogens is 1. The number of thiophene rings is 1. The molecule has 168 valence electrons. The summed E-state index contributed by atoms with van der Waals surface area (Å²) in [6.45, 7) is 2.13. The van der Waals surface area contributed by atoms with E-state index < -0.39 is 0 Å². The summed E-state index contributed by atoms with van der Waals surface area (Å²) in [7, 11) is 0. The highest BCUT2D eigenvalue weighted by atomic mass is 32.1. The van der Waals surface area contributed by atoms with E-state index in [4.69, 9.17) is 4.74 Å². The highest BCUT2D eigenvalue weighted by Crippen LogP contribution is 2.42. The molecular weight excluding hydrogens is 470 g/mol. The lowest BCUT2D eigenvalue weighted by atomic mass is 9.96. The number of aromatic hydroxyl groups is 2. The molecular formula is C26H17NO5S2. The molecule has 0 amide bonds. The van der Waals surface area contributed by atoms with Crippen LogP contribution in [0.25, 0.3) is 31.8 Å². The monoisotopic (exact) mass is 487 g/mol. The molecule has 5 aromatic rings. The van der Waals surface area contributed by atoms with Gasteiger partial charge in [0.05, 0.1) is 10.3 Å². The van der Waals surface area contributed by atoms with Crippen LogP contribution in [0.5, 0.6) is 17.4 Å². The number of phenols is 2. The number of aryl methyl sites for hydroxylation is 1. The van der Waals surface area contributed by atoms with Gasteiger partial charge in [0.2, 0.25) is 11.7 Å². The topological polar surface area (TPSA) is 96.7 Å². The molecule has 0 unspecified atom stereocenters. The van der Waals surface area contributed by atoms with Gasteiger partial charge in [0.15, 0.2) is 0 Å². The molecule has 0 aliphatic rings. The molecule has 0 bridgehead atoms. The summed E-state index contributed by atoms with van der Waals surface area (Å²) in [6.07, 6.45) is 0. The van der Waals surface area contributed by atoms with Crippen molar-refractivity contribution in [2.45, 2.75) is 6.92 Å². The van der Waals surface area contributed by atoms with Gasteiger partial charge in [0.1, 0.15) is 16.5 Å². The summed E-state index contributed by atoms with van der Waals surface area (Å²) in [5, 5.41) is 23.0. The summed E-state index contributed by atoms with van der Waals surface area (Å²) in [6, 6.07) is 17.4. The van der Waals surface area contributed by atoms with Crippen LogP contribution >= 0.6 is 22.7 Å². The zero-order valence-electron chi connectivity index (χ0n) is 17.8. The highest BCUT2D eigenvalue weighted by molar-refractivity contribution is 7.21. The van der Waals surface area contributed by atoms with Crippen molar-refractivity contribution < 1.29 is 24.5 Å². The lowest BCUT2D eigenvalue weighted by Gasteiger charge is -2.08. The second kappa shape index (κ2) is 8.74. The Kier molecular flexibility index (Phi) is 5.61. The van der Waals surface area contributed by atoms with Gasteiger partial charge in [-0.3, -0.25) is 9.59 Å². The minimum Gasteiger partial charge on any atom is -0.508 e. The Labute approximate surface area is 202 Å². The smallest absolute Gasteiger partial charge is 0.299 e. The maximum Gasteiger partial charge on any atom is 0.299 e. The average Bonchev–Trinajstić information content (AvgIpc) is 3.43. The van der Waals surface area contributed by atoms with E-state index in [0.717, 1.165) is 26.8 Å². The molecule has 3 aromatic carbocycles. The van der Waals surface area contributed by atoms with E-state index >= 15 is 0 Å². The number of nitrogens with zero attached hydrogens (tertiary/aromatic N) is 1. The number of hydrogen-bond acceptors (Lipinski definition) is 8. The van der Waals surface area contributed by atoms with Gasteiger partial charge < -0.3 is 14.9 Å². The van der Waals surface area contributed by atoms with Crippen molar-refractivity contribution in [1.82, 2.24) is 4.98 Å². The number of phenolic OH excluding ortho intramolecular Hbond substituents is 2. The van der Waals surface area contributed by atoms with Crippen molar-refractivity contribution in [2.24, 2.45) is 0 Å². The fourth-order valence-electron chi connectivity index (χ4n) is 3.83. The van der Waals surface area contributed by atoms with Gasteiger partial charge in [-0.05, 0) is 54.4 Å². The second-order valence-electron chi connectivity index (χ2n) is 7.60. The number of carbonyl (C=O) groups is 2. The average molecular weight is 488 g/mol. The van der Waals surface area contributed by atoms with Gasteiger partial charge in [0.25, 0.3) is 6.47 Å². The first-order chi connectivity index (χ1) is 16.4. The van der Waals surface area contributed by atoms with Crippen molar-refractivity contribution in [3.63, 3.8) is 0 Å². The first-order valence-corrected chi connectivity index (χ1v) is 11.9. The normalized spacial score (nSPS) is 11.0. The minimum atomic E-state index is -0.146. The minimum absolute atomic E-state index is 0.106. The molecule has 2 aromatic heterocycles. The number of hydrogen-bond donors (Lipinski definition) is 2. The summed E-state index contributed by atoms with van der Waals surface area (Å²) >= 11 is 2.69. The summed E-state index contributed by atoms with van der Waals surface area (Å²) in [5.41, 5.74) is 3.68. The molecule has 0 radical (unpaired) electrons. The SMILES string of the molecule is Cc1cc(O)ccc1C(=O)c1sc2cc(O)ccc2c1-c1ccc(-c2nc(OC=O)cs2)cc1. The van der Waals surface area contributed by atoms with E-state index in [-0.39, 0.29) is 23.2 Å². The highest BCUT2D eigenvalue weighted by Gasteiger charge is 2.23. The Morgan fingerprint density at radius 1 is 0.971 bits per heavy atom. The quantitative estimate of drug-likeness (QED) is 0.219. The van der Waals surface area contributed by atoms with Gasteiger partial charge in [-0.25, -0.2) is 4.98 Å². The number of ether oxygens (including phenoxy) is 1. The molecule has 0 saturated heterocycles. The van der Waals surface area contributed by atoms with Gasteiger partial charge in [-0.15, -0.1) is 22.7 Å². The van der Waals surface area contributed by atoms with Crippen LogP contribution in [0.1, 0.15) is 20.8 Å². The molecule has 0 aliphatic carbocycles. The van der Waals surface area contributed by atoms with Crippen LogP contribution in [0.3, 0.4) is 0 Å². The maximum atomic E-state index is 13.6. The fourth-order valence-corrected chi connectivity index (χ4v) is 5.78. The van der Waals surface area contributed by atoms with Crippen molar-refractivity contribution in [1.29, 1.82) is 0 Å². The Bertz CT molecular complexity index is 1550. The van der Waals surface area contributed by atoms with E-state index in [1.54, 1.807) is 36.6 Å². The largest absolute Gasteiger partial charge is 0.508 e. The van der Waals surface area contributed by atoms with Gasteiger partial charge >= 0.3 is 0 Å². The van der Waals surface area contributed by atoms with E-state index in [0.29, 0.717) is 27.5 Å². The van der Waals surface area contributed by atoms with Gasteiger partial charge in [-0.1, -0.05) is 24.3 Å². The lowest BCUT2D eigenvalue weighted by molar-refractivity contribution is -0.120. The number of fused-ring (bicyclic) bond motifs is 1. The number of carbonyl (C=O) groups excluding carboxylic acids is 2. The maximum absolute atomic E-state index is 13.6. The van der Waals surface area contributed by atoms with E-state index in [1.807, 2.05) is 30.3 Å². The van der Waals surface area contributed by atoms with Crippen LogP contribution in [0, 0.1) is 6.92 Å². The molecule has 5 rings (SSSR count).